The van der Waals surface area contributed by atoms with Crippen molar-refractivity contribution in [2.75, 3.05) is 20.1 Å². The zero-order valence-corrected chi connectivity index (χ0v) is 9.06. The van der Waals surface area contributed by atoms with E-state index in [0.29, 0.717) is 0 Å². The molecule has 0 rings (SSSR count). The van der Waals surface area contributed by atoms with Crippen molar-refractivity contribution in [3.63, 3.8) is 0 Å². The molecule has 0 spiro atoms. The number of hydrogen-bond donors (Lipinski definition) is 1. The van der Waals surface area contributed by atoms with Crippen LogP contribution in [-0.2, 0) is 0 Å². The minimum atomic E-state index is 0.268. The molecule has 0 aromatic heterocycles. The predicted molar refractivity (Wildman–Crippen MR) is 55.3 cm³/mol. The fourth-order valence-corrected chi connectivity index (χ4v) is 1.24. The van der Waals surface area contributed by atoms with Gasteiger partial charge in [-0.1, -0.05) is 13.3 Å². The van der Waals surface area contributed by atoms with Gasteiger partial charge in [-0.3, -0.25) is 0 Å². The van der Waals surface area contributed by atoms with Crippen LogP contribution in [-0.4, -0.2) is 30.6 Å². The number of rotatable bonds is 6. The minimum absolute atomic E-state index is 0.268. The van der Waals surface area contributed by atoms with E-state index in [9.17, 15) is 0 Å². The second kappa shape index (κ2) is 5.55. The van der Waals surface area contributed by atoms with Crippen LogP contribution >= 0.6 is 0 Å². The van der Waals surface area contributed by atoms with Gasteiger partial charge in [0.05, 0.1) is 0 Å². The largest absolute Gasteiger partial charge is 0.330 e. The zero-order valence-electron chi connectivity index (χ0n) is 9.06. The fraction of sp³-hybridized carbons (Fsp3) is 1.00. The molecule has 12 heavy (non-hydrogen) atoms. The summed E-state index contributed by atoms with van der Waals surface area (Å²) in [5.41, 5.74) is 5.82. The Balaban J connectivity index is 3.79. The molecule has 0 aliphatic heterocycles. The van der Waals surface area contributed by atoms with E-state index in [4.69, 9.17) is 5.73 Å². The van der Waals surface area contributed by atoms with E-state index in [2.05, 4.69) is 32.7 Å². The van der Waals surface area contributed by atoms with E-state index >= 15 is 0 Å². The van der Waals surface area contributed by atoms with Crippen LogP contribution in [0, 0.1) is 0 Å². The number of nitrogens with zero attached hydrogens (tertiary/aromatic N) is 1. The highest BCUT2D eigenvalue weighted by atomic mass is 15.2. The average Bonchev–Trinajstić information content (AvgIpc) is 2.00. The molecular weight excluding hydrogens is 148 g/mol. The second-order valence-corrected chi connectivity index (χ2v) is 4.13. The minimum Gasteiger partial charge on any atom is -0.330 e. The Morgan fingerprint density at radius 1 is 1.33 bits per heavy atom. The highest BCUT2D eigenvalue weighted by Gasteiger charge is 2.21. The molecule has 0 saturated carbocycles. The lowest BCUT2D eigenvalue weighted by atomic mass is 9.98. The van der Waals surface area contributed by atoms with Crippen molar-refractivity contribution in [3.05, 3.63) is 0 Å². The smallest absolute Gasteiger partial charge is 0.0162 e. The van der Waals surface area contributed by atoms with Crippen LogP contribution < -0.4 is 5.73 Å². The van der Waals surface area contributed by atoms with Crippen LogP contribution in [0.3, 0.4) is 0 Å². The summed E-state index contributed by atoms with van der Waals surface area (Å²) >= 11 is 0. The van der Waals surface area contributed by atoms with Crippen molar-refractivity contribution in [2.24, 2.45) is 5.73 Å². The Kier molecular flexibility index (Phi) is 5.51. The Morgan fingerprint density at radius 3 is 2.33 bits per heavy atom. The summed E-state index contributed by atoms with van der Waals surface area (Å²) in [6, 6.07) is 0. The van der Waals surface area contributed by atoms with Crippen molar-refractivity contribution < 1.29 is 0 Å². The average molecular weight is 172 g/mol. The Labute approximate surface area is 77.1 Å². The van der Waals surface area contributed by atoms with Gasteiger partial charge in [0.1, 0.15) is 0 Å². The van der Waals surface area contributed by atoms with Crippen molar-refractivity contribution in [3.8, 4) is 0 Å². The quantitative estimate of drug-likeness (QED) is 0.662. The molecule has 0 aromatic carbocycles. The molecule has 2 nitrogen and oxygen atoms in total. The molecular formula is C10H24N2. The third-order valence-corrected chi connectivity index (χ3v) is 2.64. The first-order valence-electron chi connectivity index (χ1n) is 4.96. The monoisotopic (exact) mass is 172 g/mol. The normalized spacial score (nSPS) is 12.5. The maximum Gasteiger partial charge on any atom is 0.0162 e. The Morgan fingerprint density at radius 2 is 1.92 bits per heavy atom. The predicted octanol–water partition coefficient (Wildman–Crippen LogP) is 1.85. The molecule has 2 N–H and O–H groups in total. The Bertz CT molecular complexity index is 110. The van der Waals surface area contributed by atoms with Crippen molar-refractivity contribution in [2.45, 2.75) is 45.6 Å². The van der Waals surface area contributed by atoms with Gasteiger partial charge in [-0.05, 0) is 46.8 Å². The second-order valence-electron chi connectivity index (χ2n) is 4.13. The molecule has 0 aromatic rings. The van der Waals surface area contributed by atoms with Crippen LogP contribution in [0.25, 0.3) is 0 Å². The van der Waals surface area contributed by atoms with Crippen LogP contribution in [0.4, 0.5) is 0 Å². The van der Waals surface area contributed by atoms with Gasteiger partial charge < -0.3 is 10.6 Å². The van der Waals surface area contributed by atoms with Gasteiger partial charge in [-0.2, -0.15) is 0 Å². The molecule has 0 amide bonds. The third kappa shape index (κ3) is 4.07. The third-order valence-electron chi connectivity index (χ3n) is 2.64. The summed E-state index contributed by atoms with van der Waals surface area (Å²) in [6.07, 6.45) is 3.63. The number of nitrogens with two attached hydrogens (primary N) is 1. The van der Waals surface area contributed by atoms with E-state index in [1.807, 2.05) is 0 Å². The molecule has 0 radical (unpaired) electrons. The van der Waals surface area contributed by atoms with Crippen LogP contribution in [0.5, 0.6) is 0 Å². The molecule has 0 fully saturated rings. The molecule has 0 bridgehead atoms. The first kappa shape index (κ1) is 11.9. The lowest BCUT2D eigenvalue weighted by molar-refractivity contribution is 0.146. The van der Waals surface area contributed by atoms with Crippen LogP contribution in [0.2, 0.25) is 0 Å². The molecule has 0 aliphatic carbocycles. The summed E-state index contributed by atoms with van der Waals surface area (Å²) in [4.78, 5) is 2.41. The topological polar surface area (TPSA) is 29.3 Å². The van der Waals surface area contributed by atoms with E-state index in [-0.39, 0.29) is 5.54 Å². The van der Waals surface area contributed by atoms with Crippen LogP contribution in [0.1, 0.15) is 40.0 Å². The van der Waals surface area contributed by atoms with Crippen LogP contribution in [0.15, 0.2) is 0 Å². The van der Waals surface area contributed by atoms with Crippen molar-refractivity contribution >= 4 is 0 Å². The van der Waals surface area contributed by atoms with E-state index in [1.165, 1.54) is 19.4 Å². The van der Waals surface area contributed by atoms with Gasteiger partial charge in [-0.25, -0.2) is 0 Å². The maximum atomic E-state index is 5.55. The SMILES string of the molecule is CCCCN(C)C(C)(C)CCN. The molecule has 0 aliphatic rings. The maximum absolute atomic E-state index is 5.55. The van der Waals surface area contributed by atoms with Crippen molar-refractivity contribution in [1.82, 2.24) is 4.90 Å². The summed E-state index contributed by atoms with van der Waals surface area (Å²) < 4.78 is 0. The van der Waals surface area contributed by atoms with Gasteiger partial charge in [-0.15, -0.1) is 0 Å². The summed E-state index contributed by atoms with van der Waals surface area (Å²) in [5, 5.41) is 0. The van der Waals surface area contributed by atoms with Gasteiger partial charge in [0.25, 0.3) is 0 Å². The first-order valence-corrected chi connectivity index (χ1v) is 4.96. The van der Waals surface area contributed by atoms with Gasteiger partial charge in [0.2, 0.25) is 0 Å². The molecule has 74 valence electrons. The summed E-state index contributed by atoms with van der Waals surface area (Å²) in [5.74, 6) is 0. The highest BCUT2D eigenvalue weighted by molar-refractivity contribution is 4.79. The van der Waals surface area contributed by atoms with Crippen molar-refractivity contribution in [1.29, 1.82) is 0 Å². The first-order chi connectivity index (χ1) is 5.54. The Hall–Kier alpha value is -0.0800. The molecule has 0 saturated heterocycles. The number of unbranched alkanes of at least 4 members (excludes halogenated alkanes) is 1. The molecule has 0 atom stereocenters. The summed E-state index contributed by atoms with van der Waals surface area (Å²) in [6.45, 7) is 8.71. The zero-order chi connectivity index (χ0) is 9.61. The van der Waals surface area contributed by atoms with Gasteiger partial charge in [0, 0.05) is 5.54 Å². The van der Waals surface area contributed by atoms with E-state index in [1.54, 1.807) is 0 Å². The lowest BCUT2D eigenvalue weighted by Crippen LogP contribution is -2.43. The molecule has 0 heterocycles. The standard InChI is InChI=1S/C10H24N2/c1-5-6-9-12(4)10(2,3)7-8-11/h5-9,11H2,1-4H3. The molecule has 2 heteroatoms. The van der Waals surface area contributed by atoms with E-state index in [0.717, 1.165) is 13.0 Å². The van der Waals surface area contributed by atoms with Gasteiger partial charge >= 0.3 is 0 Å². The summed E-state index contributed by atoms with van der Waals surface area (Å²) in [7, 11) is 2.19. The molecule has 0 unspecified atom stereocenters. The lowest BCUT2D eigenvalue weighted by Gasteiger charge is -2.35. The number of hydrogen-bond acceptors (Lipinski definition) is 2. The fourth-order valence-electron chi connectivity index (χ4n) is 1.24. The highest BCUT2D eigenvalue weighted by Crippen LogP contribution is 2.16. The van der Waals surface area contributed by atoms with Gasteiger partial charge in [0.15, 0.2) is 0 Å². The van der Waals surface area contributed by atoms with E-state index < -0.39 is 0 Å².